The van der Waals surface area contributed by atoms with Crippen molar-refractivity contribution < 1.29 is 9.53 Å². The summed E-state index contributed by atoms with van der Waals surface area (Å²) in [6.07, 6.45) is 3.25. The van der Waals surface area contributed by atoms with Crippen molar-refractivity contribution in [3.8, 4) is 5.75 Å². The molecule has 0 saturated carbocycles. The fraction of sp³-hybridized carbons (Fsp3) is 0.105. The lowest BCUT2D eigenvalue weighted by Crippen LogP contribution is -2.16. The first kappa shape index (κ1) is 20.0. The molecule has 0 radical (unpaired) electrons. The Hall–Kier alpha value is -3.31. The smallest absolute Gasteiger partial charge is 0.276 e. The van der Waals surface area contributed by atoms with Crippen LogP contribution in [0.25, 0.3) is 0 Å². The molecule has 4 aromatic rings. The normalized spacial score (nSPS) is 10.7. The van der Waals surface area contributed by atoms with Crippen molar-refractivity contribution in [2.75, 3.05) is 12.4 Å². The molecule has 0 unspecified atom stereocenters. The Morgan fingerprint density at radius 2 is 1.97 bits per heavy atom. The molecule has 0 atom stereocenters. The van der Waals surface area contributed by atoms with E-state index in [9.17, 15) is 4.79 Å². The van der Waals surface area contributed by atoms with Gasteiger partial charge in [-0.2, -0.15) is 5.10 Å². The van der Waals surface area contributed by atoms with Crippen LogP contribution in [0.4, 0.5) is 5.82 Å². The fourth-order valence-electron chi connectivity index (χ4n) is 2.50. The van der Waals surface area contributed by atoms with Gasteiger partial charge in [-0.1, -0.05) is 11.8 Å². The number of nitrogens with zero attached hydrogens (tertiary/aromatic N) is 5. The van der Waals surface area contributed by atoms with Crippen LogP contribution in [0.3, 0.4) is 0 Å². The van der Waals surface area contributed by atoms with Crippen LogP contribution in [-0.4, -0.2) is 43.0 Å². The number of carbonyl (C=O) groups is 1. The number of rotatable bonds is 7. The number of nitrogens with one attached hydrogen (secondary N) is 2. The van der Waals surface area contributed by atoms with E-state index in [-0.39, 0.29) is 5.91 Å². The van der Waals surface area contributed by atoms with Gasteiger partial charge in [-0.3, -0.25) is 9.48 Å². The van der Waals surface area contributed by atoms with Crippen LogP contribution < -0.4 is 10.1 Å². The molecule has 1 aromatic carbocycles. The molecule has 11 heteroatoms. The van der Waals surface area contributed by atoms with E-state index in [0.717, 1.165) is 15.5 Å². The van der Waals surface area contributed by atoms with Crippen LogP contribution in [-0.2, 0) is 7.05 Å². The van der Waals surface area contributed by atoms with E-state index in [4.69, 9.17) is 4.74 Å². The summed E-state index contributed by atoms with van der Waals surface area (Å²) in [4.78, 5) is 22.1. The number of pyridine rings is 1. The SMILES string of the molecule is COc1ccc(Sc2ccc(Sc3nnc[nH]3)nc2C(=O)Nc2ccn(C)n2)cc1. The summed E-state index contributed by atoms with van der Waals surface area (Å²) < 4.78 is 6.82. The Labute approximate surface area is 180 Å². The molecular formula is C19H17N7O2S2. The highest BCUT2D eigenvalue weighted by molar-refractivity contribution is 7.99. The number of H-pyrrole nitrogens is 1. The summed E-state index contributed by atoms with van der Waals surface area (Å²) >= 11 is 2.74. The Morgan fingerprint density at radius 3 is 2.63 bits per heavy atom. The summed E-state index contributed by atoms with van der Waals surface area (Å²) in [6, 6.07) is 13.0. The van der Waals surface area contributed by atoms with E-state index in [0.29, 0.717) is 21.7 Å². The molecule has 0 bridgehead atoms. The lowest BCUT2D eigenvalue weighted by Gasteiger charge is -2.10. The van der Waals surface area contributed by atoms with Crippen LogP contribution >= 0.6 is 23.5 Å². The zero-order valence-electron chi connectivity index (χ0n) is 16.1. The molecular weight excluding hydrogens is 422 g/mol. The number of hydrogen-bond donors (Lipinski definition) is 2. The summed E-state index contributed by atoms with van der Waals surface area (Å²) in [6.45, 7) is 0. The topological polar surface area (TPSA) is 111 Å². The molecule has 0 aliphatic heterocycles. The van der Waals surface area contributed by atoms with E-state index < -0.39 is 0 Å². The first-order valence-corrected chi connectivity index (χ1v) is 10.4. The molecule has 3 heterocycles. The maximum absolute atomic E-state index is 13.0. The molecule has 0 aliphatic rings. The number of hydrogen-bond acceptors (Lipinski definition) is 8. The van der Waals surface area contributed by atoms with Gasteiger partial charge in [-0.15, -0.1) is 10.2 Å². The lowest BCUT2D eigenvalue weighted by atomic mass is 10.3. The minimum absolute atomic E-state index is 0.297. The molecule has 3 aromatic heterocycles. The Balaban J connectivity index is 1.63. The number of anilines is 1. The van der Waals surface area contributed by atoms with Crippen molar-refractivity contribution >= 4 is 35.2 Å². The van der Waals surface area contributed by atoms with Crippen molar-refractivity contribution in [2.24, 2.45) is 7.05 Å². The number of ether oxygens (including phenoxy) is 1. The first-order chi connectivity index (χ1) is 14.6. The van der Waals surface area contributed by atoms with Crippen LogP contribution in [0.2, 0.25) is 0 Å². The first-order valence-electron chi connectivity index (χ1n) is 8.78. The number of aromatic amines is 1. The maximum Gasteiger partial charge on any atom is 0.276 e. The predicted octanol–water partition coefficient (Wildman–Crippen LogP) is 3.50. The van der Waals surface area contributed by atoms with Crippen molar-refractivity contribution in [3.63, 3.8) is 0 Å². The molecule has 152 valence electrons. The molecule has 0 aliphatic carbocycles. The highest BCUT2D eigenvalue weighted by atomic mass is 32.2. The van der Waals surface area contributed by atoms with Gasteiger partial charge < -0.3 is 15.0 Å². The van der Waals surface area contributed by atoms with Crippen molar-refractivity contribution in [1.82, 2.24) is 29.9 Å². The third-order valence-electron chi connectivity index (χ3n) is 3.89. The third-order valence-corrected chi connectivity index (χ3v) is 5.77. The summed E-state index contributed by atoms with van der Waals surface area (Å²) in [5.74, 6) is 0.882. The van der Waals surface area contributed by atoms with Gasteiger partial charge in [-0.05, 0) is 48.2 Å². The minimum Gasteiger partial charge on any atom is -0.497 e. The third kappa shape index (κ3) is 4.81. The van der Waals surface area contributed by atoms with E-state index in [1.54, 1.807) is 31.1 Å². The molecule has 4 rings (SSSR count). The minimum atomic E-state index is -0.343. The Morgan fingerprint density at radius 1 is 1.13 bits per heavy atom. The number of methoxy groups -OCH3 is 1. The second-order valence-corrected chi connectivity index (χ2v) is 8.12. The fourth-order valence-corrected chi connectivity index (χ4v) is 4.07. The zero-order chi connectivity index (χ0) is 20.9. The molecule has 30 heavy (non-hydrogen) atoms. The average Bonchev–Trinajstić information content (AvgIpc) is 3.41. The van der Waals surface area contributed by atoms with Gasteiger partial charge in [-0.25, -0.2) is 4.98 Å². The average molecular weight is 440 g/mol. The van der Waals surface area contributed by atoms with Crippen LogP contribution in [0.5, 0.6) is 5.75 Å². The van der Waals surface area contributed by atoms with E-state index in [1.807, 2.05) is 36.4 Å². The summed E-state index contributed by atoms with van der Waals surface area (Å²) in [7, 11) is 3.41. The van der Waals surface area contributed by atoms with Crippen molar-refractivity contribution in [3.05, 3.63) is 60.7 Å². The van der Waals surface area contributed by atoms with Crippen LogP contribution in [0, 0.1) is 0 Å². The maximum atomic E-state index is 13.0. The predicted molar refractivity (Wildman–Crippen MR) is 113 cm³/mol. The number of aromatic nitrogens is 6. The van der Waals surface area contributed by atoms with Crippen LogP contribution in [0.1, 0.15) is 10.5 Å². The monoisotopic (exact) mass is 439 g/mol. The van der Waals surface area contributed by atoms with E-state index in [2.05, 4.69) is 30.6 Å². The second kappa shape index (κ2) is 9.01. The van der Waals surface area contributed by atoms with Crippen molar-refractivity contribution in [1.29, 1.82) is 0 Å². The van der Waals surface area contributed by atoms with Gasteiger partial charge in [0.2, 0.25) is 0 Å². The van der Waals surface area contributed by atoms with Gasteiger partial charge in [0.15, 0.2) is 11.0 Å². The van der Waals surface area contributed by atoms with Gasteiger partial charge in [0.1, 0.15) is 22.8 Å². The molecule has 0 fully saturated rings. The molecule has 2 N–H and O–H groups in total. The largest absolute Gasteiger partial charge is 0.497 e. The highest BCUT2D eigenvalue weighted by Crippen LogP contribution is 2.33. The Bertz CT molecular complexity index is 1140. The van der Waals surface area contributed by atoms with Gasteiger partial charge in [0.25, 0.3) is 5.91 Å². The van der Waals surface area contributed by atoms with E-state index >= 15 is 0 Å². The standard InChI is InChI=1S/C19H17N7O2S2/c1-26-10-9-15(25-26)22-18(27)17-14(29-13-5-3-12(28-2)4-6-13)7-8-16(23-17)30-19-20-11-21-24-19/h3-11H,1-2H3,(H,20,21,24)(H,22,25,27). The molecule has 9 nitrogen and oxygen atoms in total. The van der Waals surface area contributed by atoms with E-state index in [1.165, 1.54) is 29.9 Å². The number of aryl methyl sites for hydroxylation is 1. The molecule has 0 saturated heterocycles. The zero-order valence-corrected chi connectivity index (χ0v) is 17.7. The highest BCUT2D eigenvalue weighted by Gasteiger charge is 2.18. The number of amides is 1. The van der Waals surface area contributed by atoms with Gasteiger partial charge >= 0.3 is 0 Å². The molecule has 0 spiro atoms. The van der Waals surface area contributed by atoms with Gasteiger partial charge in [0, 0.05) is 29.1 Å². The number of carbonyl (C=O) groups excluding carboxylic acids is 1. The lowest BCUT2D eigenvalue weighted by molar-refractivity contribution is 0.101. The Kier molecular flexibility index (Phi) is 6.00. The van der Waals surface area contributed by atoms with Crippen LogP contribution in [0.15, 0.2) is 75.0 Å². The summed E-state index contributed by atoms with van der Waals surface area (Å²) in [5, 5.41) is 15.9. The van der Waals surface area contributed by atoms with Gasteiger partial charge in [0.05, 0.1) is 7.11 Å². The quantitative estimate of drug-likeness (QED) is 0.450. The van der Waals surface area contributed by atoms with Crippen molar-refractivity contribution in [2.45, 2.75) is 20.0 Å². The second-order valence-electron chi connectivity index (χ2n) is 6.00. The number of benzene rings is 1. The summed E-state index contributed by atoms with van der Waals surface area (Å²) in [5.41, 5.74) is 0.297. The molecule has 1 amide bonds.